The number of aliphatic hydroxyl groups excluding tert-OH is 1. The first-order chi connectivity index (χ1) is 7.72. The first-order valence-corrected chi connectivity index (χ1v) is 5.72. The largest absolute Gasteiger partial charge is 0.395 e. The Balaban J connectivity index is 0.000000606. The van der Waals surface area contributed by atoms with Gasteiger partial charge in [-0.1, -0.05) is 31.5 Å². The lowest BCUT2D eigenvalue weighted by atomic mass is 10.1. The normalized spacial score (nSPS) is 13.2. The van der Waals surface area contributed by atoms with Crippen LogP contribution in [0.15, 0.2) is 18.2 Å². The van der Waals surface area contributed by atoms with E-state index in [1.54, 1.807) is 4.90 Å². The Labute approximate surface area is 96.7 Å². The standard InChI is InChI=1S/C11H13NO2.C2H6/c1-8-2-3-10-9(6-8)7-12(4-5-13)11(10)14;1-2/h2-3,6,13H,4-5,7H2,1H3;1-2H3. The molecule has 0 radical (unpaired) electrons. The molecule has 0 atom stereocenters. The average molecular weight is 221 g/mol. The summed E-state index contributed by atoms with van der Waals surface area (Å²) in [6.45, 7) is 7.10. The van der Waals surface area contributed by atoms with E-state index in [9.17, 15) is 4.79 Å². The van der Waals surface area contributed by atoms with Crippen molar-refractivity contribution >= 4 is 5.91 Å². The molecule has 0 aromatic heterocycles. The van der Waals surface area contributed by atoms with Crippen molar-refractivity contribution < 1.29 is 9.90 Å². The van der Waals surface area contributed by atoms with Crippen LogP contribution in [0.3, 0.4) is 0 Å². The maximum atomic E-state index is 11.7. The van der Waals surface area contributed by atoms with Gasteiger partial charge in [0.2, 0.25) is 0 Å². The van der Waals surface area contributed by atoms with E-state index in [4.69, 9.17) is 5.11 Å². The van der Waals surface area contributed by atoms with Crippen LogP contribution in [-0.2, 0) is 6.54 Å². The predicted octanol–water partition coefficient (Wildman–Crippen LogP) is 1.97. The molecule has 16 heavy (non-hydrogen) atoms. The fourth-order valence-electron chi connectivity index (χ4n) is 1.81. The lowest BCUT2D eigenvalue weighted by Gasteiger charge is -2.12. The molecule has 1 aromatic carbocycles. The topological polar surface area (TPSA) is 40.5 Å². The second-order valence-electron chi connectivity index (χ2n) is 3.61. The Bertz CT molecular complexity index is 374. The van der Waals surface area contributed by atoms with Gasteiger partial charge in [-0.2, -0.15) is 0 Å². The number of amides is 1. The van der Waals surface area contributed by atoms with Gasteiger partial charge in [0.1, 0.15) is 0 Å². The van der Waals surface area contributed by atoms with E-state index in [2.05, 4.69) is 0 Å². The second-order valence-corrected chi connectivity index (χ2v) is 3.61. The molecule has 1 amide bonds. The molecule has 0 saturated heterocycles. The van der Waals surface area contributed by atoms with Crippen molar-refractivity contribution in [1.82, 2.24) is 4.90 Å². The van der Waals surface area contributed by atoms with Crippen molar-refractivity contribution in [2.75, 3.05) is 13.2 Å². The summed E-state index contributed by atoms with van der Waals surface area (Å²) >= 11 is 0. The van der Waals surface area contributed by atoms with Crippen LogP contribution in [0, 0.1) is 6.92 Å². The first kappa shape index (κ1) is 12.7. The van der Waals surface area contributed by atoms with Gasteiger partial charge in [0, 0.05) is 18.7 Å². The number of hydrogen-bond acceptors (Lipinski definition) is 2. The fourth-order valence-corrected chi connectivity index (χ4v) is 1.81. The Hall–Kier alpha value is -1.35. The van der Waals surface area contributed by atoms with Crippen molar-refractivity contribution in [3.63, 3.8) is 0 Å². The molecular weight excluding hydrogens is 202 g/mol. The van der Waals surface area contributed by atoms with Crippen LogP contribution >= 0.6 is 0 Å². The lowest BCUT2D eigenvalue weighted by Crippen LogP contribution is -2.26. The molecule has 0 bridgehead atoms. The highest BCUT2D eigenvalue weighted by Gasteiger charge is 2.26. The van der Waals surface area contributed by atoms with E-state index in [1.165, 1.54) is 5.56 Å². The first-order valence-electron chi connectivity index (χ1n) is 5.72. The molecular formula is C13H19NO2. The molecule has 0 spiro atoms. The average Bonchev–Trinajstić information content (AvgIpc) is 2.59. The number of nitrogens with zero attached hydrogens (tertiary/aromatic N) is 1. The summed E-state index contributed by atoms with van der Waals surface area (Å²) in [4.78, 5) is 13.4. The summed E-state index contributed by atoms with van der Waals surface area (Å²) in [5.74, 6) is 0.0362. The van der Waals surface area contributed by atoms with E-state index < -0.39 is 0 Å². The molecule has 1 aromatic rings. The van der Waals surface area contributed by atoms with Gasteiger partial charge < -0.3 is 10.0 Å². The third-order valence-electron chi connectivity index (χ3n) is 2.51. The summed E-state index contributed by atoms with van der Waals surface area (Å²) in [5, 5.41) is 8.78. The molecule has 0 fully saturated rings. The smallest absolute Gasteiger partial charge is 0.254 e. The van der Waals surface area contributed by atoms with Gasteiger partial charge in [-0.3, -0.25) is 4.79 Å². The van der Waals surface area contributed by atoms with Gasteiger partial charge in [0.15, 0.2) is 0 Å². The van der Waals surface area contributed by atoms with Crippen LogP contribution < -0.4 is 0 Å². The number of aliphatic hydroxyl groups is 1. The summed E-state index contributed by atoms with van der Waals surface area (Å²) in [6, 6.07) is 5.84. The maximum absolute atomic E-state index is 11.7. The SMILES string of the molecule is CC.Cc1ccc2c(c1)CN(CCO)C2=O. The summed E-state index contributed by atoms with van der Waals surface area (Å²) in [7, 11) is 0. The summed E-state index contributed by atoms with van der Waals surface area (Å²) < 4.78 is 0. The molecule has 1 heterocycles. The number of carbonyl (C=O) groups is 1. The molecule has 1 N–H and O–H groups in total. The zero-order valence-corrected chi connectivity index (χ0v) is 10.2. The monoisotopic (exact) mass is 221 g/mol. The van der Waals surface area contributed by atoms with Crippen molar-refractivity contribution in [1.29, 1.82) is 0 Å². The van der Waals surface area contributed by atoms with Crippen molar-refractivity contribution in [3.8, 4) is 0 Å². The van der Waals surface area contributed by atoms with E-state index in [1.807, 2.05) is 39.0 Å². The molecule has 3 heteroatoms. The minimum atomic E-state index is 0.0265. The number of fused-ring (bicyclic) bond motifs is 1. The zero-order chi connectivity index (χ0) is 12.1. The van der Waals surface area contributed by atoms with E-state index in [-0.39, 0.29) is 12.5 Å². The number of benzene rings is 1. The Morgan fingerprint density at radius 2 is 2.06 bits per heavy atom. The number of aryl methyl sites for hydroxylation is 1. The number of β-amino-alcohol motifs (C(OH)–C–C–N with tert-alkyl or cyclic N) is 1. The third-order valence-corrected chi connectivity index (χ3v) is 2.51. The Morgan fingerprint density at radius 3 is 2.69 bits per heavy atom. The molecule has 88 valence electrons. The van der Waals surface area contributed by atoms with Gasteiger partial charge in [-0.25, -0.2) is 0 Å². The highest BCUT2D eigenvalue weighted by molar-refractivity contribution is 5.98. The molecule has 2 rings (SSSR count). The molecule has 0 saturated carbocycles. The Morgan fingerprint density at radius 1 is 1.38 bits per heavy atom. The van der Waals surface area contributed by atoms with Crippen LogP contribution in [0.4, 0.5) is 0 Å². The van der Waals surface area contributed by atoms with Crippen LogP contribution in [0.2, 0.25) is 0 Å². The molecule has 1 aliphatic heterocycles. The predicted molar refractivity (Wildman–Crippen MR) is 64.4 cm³/mol. The van der Waals surface area contributed by atoms with Gasteiger partial charge in [-0.05, 0) is 18.6 Å². The van der Waals surface area contributed by atoms with E-state index in [0.717, 1.165) is 11.1 Å². The second kappa shape index (κ2) is 5.66. The highest BCUT2D eigenvalue weighted by Crippen LogP contribution is 2.23. The van der Waals surface area contributed by atoms with E-state index in [0.29, 0.717) is 13.1 Å². The molecule has 1 aliphatic rings. The third kappa shape index (κ3) is 2.42. The van der Waals surface area contributed by atoms with Gasteiger partial charge >= 0.3 is 0 Å². The van der Waals surface area contributed by atoms with Crippen molar-refractivity contribution in [3.05, 3.63) is 34.9 Å². The summed E-state index contributed by atoms with van der Waals surface area (Å²) in [6.07, 6.45) is 0. The minimum Gasteiger partial charge on any atom is -0.395 e. The Kier molecular flexibility index (Phi) is 4.50. The number of carbonyl (C=O) groups excluding carboxylic acids is 1. The van der Waals surface area contributed by atoms with Crippen LogP contribution in [0.1, 0.15) is 35.3 Å². The van der Waals surface area contributed by atoms with Crippen molar-refractivity contribution in [2.45, 2.75) is 27.3 Å². The molecule has 0 unspecified atom stereocenters. The lowest BCUT2D eigenvalue weighted by molar-refractivity contribution is 0.0745. The highest BCUT2D eigenvalue weighted by atomic mass is 16.3. The van der Waals surface area contributed by atoms with Gasteiger partial charge in [0.25, 0.3) is 5.91 Å². The minimum absolute atomic E-state index is 0.0265. The quantitative estimate of drug-likeness (QED) is 0.829. The number of hydrogen-bond donors (Lipinski definition) is 1. The van der Waals surface area contributed by atoms with Gasteiger partial charge in [0.05, 0.1) is 6.61 Å². The maximum Gasteiger partial charge on any atom is 0.254 e. The van der Waals surface area contributed by atoms with Crippen LogP contribution in [0.25, 0.3) is 0 Å². The number of rotatable bonds is 2. The van der Waals surface area contributed by atoms with Crippen LogP contribution in [0.5, 0.6) is 0 Å². The fraction of sp³-hybridized carbons (Fsp3) is 0.462. The van der Waals surface area contributed by atoms with Gasteiger partial charge in [-0.15, -0.1) is 0 Å². The van der Waals surface area contributed by atoms with E-state index >= 15 is 0 Å². The molecule has 0 aliphatic carbocycles. The van der Waals surface area contributed by atoms with Crippen molar-refractivity contribution in [2.24, 2.45) is 0 Å². The van der Waals surface area contributed by atoms with Crippen LogP contribution in [-0.4, -0.2) is 29.1 Å². The molecule has 3 nitrogen and oxygen atoms in total. The zero-order valence-electron chi connectivity index (χ0n) is 10.2. The summed E-state index contributed by atoms with van der Waals surface area (Å²) in [5.41, 5.74) is 3.02.